The zero-order chi connectivity index (χ0) is 16.6. The fraction of sp³-hybridized carbons (Fsp3) is 0.500. The molecule has 0 saturated carbocycles. The van der Waals surface area contributed by atoms with E-state index in [1.807, 2.05) is 0 Å². The van der Waals surface area contributed by atoms with Gasteiger partial charge in [0.15, 0.2) is 0 Å². The van der Waals surface area contributed by atoms with Crippen LogP contribution in [0.15, 0.2) is 29.2 Å². The Morgan fingerprint density at radius 1 is 1.22 bits per heavy atom. The van der Waals surface area contributed by atoms with Crippen molar-refractivity contribution >= 4 is 28.3 Å². The highest BCUT2D eigenvalue weighted by Gasteiger charge is 2.16. The average Bonchev–Trinajstić information content (AvgIpc) is 2.50. The van der Waals surface area contributed by atoms with Crippen LogP contribution >= 0.6 is 12.4 Å². The van der Waals surface area contributed by atoms with Crippen LogP contribution in [-0.4, -0.2) is 59.5 Å². The van der Waals surface area contributed by atoms with Crippen LogP contribution < -0.4 is 10.6 Å². The van der Waals surface area contributed by atoms with Gasteiger partial charge in [0, 0.05) is 34.3 Å². The van der Waals surface area contributed by atoms with Gasteiger partial charge in [-0.05, 0) is 17.7 Å². The Balaban J connectivity index is 0.00000484. The minimum Gasteiger partial charge on any atom is -0.383 e. The summed E-state index contributed by atoms with van der Waals surface area (Å²) in [5.41, 5.74) is 0.836. The molecule has 0 spiro atoms. The second-order valence-corrected chi connectivity index (χ2v) is 7.03. The predicted molar refractivity (Wildman–Crippen MR) is 91.2 cm³/mol. The monoisotopic (exact) mass is 365 g/mol. The number of ether oxygens (including phenoxy) is 1. The van der Waals surface area contributed by atoms with Crippen molar-refractivity contribution in [1.82, 2.24) is 14.9 Å². The number of rotatable bonds is 9. The lowest BCUT2D eigenvalue weighted by molar-refractivity contribution is -0.120. The maximum Gasteiger partial charge on any atom is 0.242 e. The molecule has 1 rings (SSSR count). The quantitative estimate of drug-likeness (QED) is 0.611. The zero-order valence-corrected chi connectivity index (χ0v) is 15.2. The molecule has 0 saturated heterocycles. The Morgan fingerprint density at radius 3 is 2.35 bits per heavy atom. The molecule has 0 atom stereocenters. The summed E-state index contributed by atoms with van der Waals surface area (Å²) < 4.78 is 29.9. The first-order chi connectivity index (χ1) is 10.4. The van der Waals surface area contributed by atoms with E-state index in [2.05, 4.69) is 10.6 Å². The molecule has 0 radical (unpaired) electrons. The Kier molecular flexibility index (Phi) is 10.0. The number of hydrogen-bond acceptors (Lipinski definition) is 5. The van der Waals surface area contributed by atoms with Gasteiger partial charge in [-0.25, -0.2) is 12.7 Å². The number of amides is 1. The van der Waals surface area contributed by atoms with Gasteiger partial charge in [0.25, 0.3) is 0 Å². The van der Waals surface area contributed by atoms with Crippen LogP contribution in [0.25, 0.3) is 0 Å². The molecule has 9 heteroatoms. The predicted octanol–water partition coefficient (Wildman–Crippen LogP) is 0.211. The number of hydrogen-bond donors (Lipinski definition) is 2. The summed E-state index contributed by atoms with van der Waals surface area (Å²) in [5, 5.41) is 5.70. The van der Waals surface area contributed by atoms with Crippen LogP contribution in [0, 0.1) is 0 Å². The van der Waals surface area contributed by atoms with E-state index in [-0.39, 0.29) is 29.8 Å². The highest BCUT2D eigenvalue weighted by atomic mass is 35.5. The first-order valence-corrected chi connectivity index (χ1v) is 8.29. The molecular weight excluding hydrogens is 342 g/mol. The third-order valence-electron chi connectivity index (χ3n) is 2.96. The van der Waals surface area contributed by atoms with E-state index in [9.17, 15) is 13.2 Å². The topological polar surface area (TPSA) is 87.7 Å². The number of halogens is 1. The molecule has 0 aliphatic rings. The van der Waals surface area contributed by atoms with Gasteiger partial charge in [0.1, 0.15) is 0 Å². The first-order valence-electron chi connectivity index (χ1n) is 6.85. The minimum atomic E-state index is -3.42. The molecular formula is C14H24ClN3O4S. The fourth-order valence-corrected chi connectivity index (χ4v) is 2.53. The van der Waals surface area contributed by atoms with E-state index in [1.165, 1.54) is 26.2 Å². The lowest BCUT2D eigenvalue weighted by Crippen LogP contribution is -2.34. The van der Waals surface area contributed by atoms with Crippen molar-refractivity contribution in [2.24, 2.45) is 0 Å². The van der Waals surface area contributed by atoms with E-state index >= 15 is 0 Å². The Hall–Kier alpha value is -1.19. The fourth-order valence-electron chi connectivity index (χ4n) is 1.63. The first kappa shape index (κ1) is 21.8. The molecule has 0 fully saturated rings. The van der Waals surface area contributed by atoms with Crippen LogP contribution in [0.5, 0.6) is 0 Å². The molecule has 0 bridgehead atoms. The van der Waals surface area contributed by atoms with E-state index in [0.717, 1.165) is 9.87 Å². The second kappa shape index (κ2) is 10.6. The Morgan fingerprint density at radius 2 is 1.83 bits per heavy atom. The second-order valence-electron chi connectivity index (χ2n) is 4.88. The van der Waals surface area contributed by atoms with Crippen LogP contribution in [-0.2, 0) is 26.1 Å². The number of nitrogens with zero attached hydrogens (tertiary/aromatic N) is 1. The van der Waals surface area contributed by atoms with Gasteiger partial charge < -0.3 is 15.4 Å². The highest BCUT2D eigenvalue weighted by Crippen LogP contribution is 2.13. The molecule has 2 N–H and O–H groups in total. The van der Waals surface area contributed by atoms with E-state index in [1.54, 1.807) is 19.2 Å². The number of carbonyl (C=O) groups excluding carboxylic acids is 1. The maximum absolute atomic E-state index is 11.9. The van der Waals surface area contributed by atoms with Crippen LogP contribution in [0.2, 0.25) is 0 Å². The SMILES string of the molecule is COCCNCC(=O)NCc1ccc(S(=O)(=O)N(C)C)cc1.Cl. The van der Waals surface area contributed by atoms with E-state index in [4.69, 9.17) is 4.74 Å². The van der Waals surface area contributed by atoms with Crippen LogP contribution in [0.3, 0.4) is 0 Å². The van der Waals surface area contributed by atoms with Gasteiger partial charge in [0.2, 0.25) is 15.9 Å². The molecule has 1 aromatic carbocycles. The molecule has 7 nitrogen and oxygen atoms in total. The van der Waals surface area contributed by atoms with Gasteiger partial charge in [-0.15, -0.1) is 12.4 Å². The summed E-state index contributed by atoms with van der Waals surface area (Å²) in [4.78, 5) is 11.8. The average molecular weight is 366 g/mol. The van der Waals surface area contributed by atoms with Crippen molar-refractivity contribution in [2.75, 3.05) is 40.9 Å². The van der Waals surface area contributed by atoms with E-state index in [0.29, 0.717) is 19.7 Å². The summed E-state index contributed by atoms with van der Waals surface area (Å²) in [7, 11) is 1.15. The Labute approximate surface area is 143 Å². The normalized spacial score (nSPS) is 11.1. The number of methoxy groups -OCH3 is 1. The summed E-state index contributed by atoms with van der Waals surface area (Å²) in [6, 6.07) is 6.45. The number of benzene rings is 1. The third kappa shape index (κ3) is 7.28. The van der Waals surface area contributed by atoms with Gasteiger partial charge in [-0.1, -0.05) is 12.1 Å². The molecule has 23 heavy (non-hydrogen) atoms. The molecule has 0 aliphatic carbocycles. The molecule has 132 valence electrons. The van der Waals surface area contributed by atoms with Crippen molar-refractivity contribution in [2.45, 2.75) is 11.4 Å². The minimum absolute atomic E-state index is 0. The summed E-state index contributed by atoms with van der Waals surface area (Å²) in [5.74, 6) is -0.124. The highest BCUT2D eigenvalue weighted by molar-refractivity contribution is 7.89. The zero-order valence-electron chi connectivity index (χ0n) is 13.5. The largest absolute Gasteiger partial charge is 0.383 e. The van der Waals surface area contributed by atoms with Gasteiger partial charge in [-0.2, -0.15) is 0 Å². The lowest BCUT2D eigenvalue weighted by atomic mass is 10.2. The van der Waals surface area contributed by atoms with E-state index < -0.39 is 10.0 Å². The molecule has 0 unspecified atom stereocenters. The standard InChI is InChI=1S/C14H23N3O4S.ClH/c1-17(2)22(19,20)13-6-4-12(5-7-13)10-16-14(18)11-15-8-9-21-3;/h4-7,15H,8-11H2,1-3H3,(H,16,18);1H. The van der Waals surface area contributed by atoms with Gasteiger partial charge in [-0.3, -0.25) is 4.79 Å². The van der Waals surface area contributed by atoms with Gasteiger partial charge >= 0.3 is 0 Å². The molecule has 0 aliphatic heterocycles. The molecule has 0 aromatic heterocycles. The lowest BCUT2D eigenvalue weighted by Gasteiger charge is -2.12. The smallest absolute Gasteiger partial charge is 0.242 e. The van der Waals surface area contributed by atoms with Crippen molar-refractivity contribution in [1.29, 1.82) is 0 Å². The van der Waals surface area contributed by atoms with Crippen molar-refractivity contribution in [3.63, 3.8) is 0 Å². The maximum atomic E-state index is 11.9. The molecule has 1 aromatic rings. The Bertz CT molecular complexity index is 576. The molecule has 0 heterocycles. The van der Waals surface area contributed by atoms with Gasteiger partial charge in [0.05, 0.1) is 18.0 Å². The van der Waals surface area contributed by atoms with Crippen LogP contribution in [0.4, 0.5) is 0 Å². The summed E-state index contributed by atoms with van der Waals surface area (Å²) in [6.45, 7) is 1.74. The summed E-state index contributed by atoms with van der Waals surface area (Å²) in [6.07, 6.45) is 0. The van der Waals surface area contributed by atoms with Crippen molar-refractivity contribution in [3.05, 3.63) is 29.8 Å². The van der Waals surface area contributed by atoms with Crippen LogP contribution in [0.1, 0.15) is 5.56 Å². The molecule has 1 amide bonds. The van der Waals surface area contributed by atoms with Crippen molar-refractivity contribution < 1.29 is 17.9 Å². The summed E-state index contributed by atoms with van der Waals surface area (Å²) >= 11 is 0. The number of carbonyl (C=O) groups is 1. The third-order valence-corrected chi connectivity index (χ3v) is 4.79. The van der Waals surface area contributed by atoms with Crippen molar-refractivity contribution in [3.8, 4) is 0 Å². The number of nitrogens with one attached hydrogen (secondary N) is 2. The number of sulfonamides is 1.